The van der Waals surface area contributed by atoms with Crippen LogP contribution in [-0.4, -0.2) is 36.5 Å². The number of methoxy groups -OCH3 is 1. The largest absolute Gasteiger partial charge is 0.384 e. The molecule has 0 saturated heterocycles. The van der Waals surface area contributed by atoms with Gasteiger partial charge in [0.15, 0.2) is 0 Å². The third-order valence-electron chi connectivity index (χ3n) is 3.14. The normalized spacial score (nSPS) is 14.3. The highest BCUT2D eigenvalue weighted by Gasteiger charge is 2.12. The second-order valence-electron chi connectivity index (χ2n) is 4.64. The molecule has 0 saturated carbocycles. The Balaban J connectivity index is 2.60. The second kappa shape index (κ2) is 9.23. The lowest BCUT2D eigenvalue weighted by Gasteiger charge is -2.16. The molecule has 0 aromatic heterocycles. The van der Waals surface area contributed by atoms with E-state index in [9.17, 15) is 4.21 Å². The van der Waals surface area contributed by atoms with Crippen molar-refractivity contribution >= 4 is 10.8 Å². The number of hydrogen-bond acceptors (Lipinski definition) is 3. The molecular weight excluding hydrogens is 258 g/mol. The van der Waals surface area contributed by atoms with E-state index in [2.05, 4.69) is 36.5 Å². The lowest BCUT2D eigenvalue weighted by atomic mass is 10.0. The Hall–Kier alpha value is -0.710. The monoisotopic (exact) mass is 283 g/mol. The van der Waals surface area contributed by atoms with Crippen LogP contribution in [-0.2, 0) is 22.0 Å². The van der Waals surface area contributed by atoms with Gasteiger partial charge >= 0.3 is 0 Å². The van der Waals surface area contributed by atoms with Crippen LogP contribution >= 0.6 is 0 Å². The Morgan fingerprint density at radius 2 is 2.00 bits per heavy atom. The van der Waals surface area contributed by atoms with Crippen molar-refractivity contribution in [3.63, 3.8) is 0 Å². The second-order valence-corrected chi connectivity index (χ2v) is 6.26. The van der Waals surface area contributed by atoms with Crippen molar-refractivity contribution in [1.82, 2.24) is 5.32 Å². The zero-order valence-corrected chi connectivity index (χ0v) is 13.0. The van der Waals surface area contributed by atoms with Crippen LogP contribution in [0, 0.1) is 0 Å². The van der Waals surface area contributed by atoms with Crippen LogP contribution in [0.3, 0.4) is 0 Å². The van der Waals surface area contributed by atoms with Gasteiger partial charge in [0.1, 0.15) is 0 Å². The number of hydrogen-bond donors (Lipinski definition) is 1. The summed E-state index contributed by atoms with van der Waals surface area (Å²) in [5, 5.41) is 3.24. The summed E-state index contributed by atoms with van der Waals surface area (Å²) >= 11 is 0. The molecule has 0 aliphatic carbocycles. The average Bonchev–Trinajstić information content (AvgIpc) is 2.44. The van der Waals surface area contributed by atoms with Crippen molar-refractivity contribution in [2.75, 3.05) is 32.3 Å². The summed E-state index contributed by atoms with van der Waals surface area (Å²) < 4.78 is 16.9. The van der Waals surface area contributed by atoms with Crippen LogP contribution in [0.15, 0.2) is 24.3 Å². The van der Waals surface area contributed by atoms with Crippen molar-refractivity contribution in [2.45, 2.75) is 25.8 Å². The summed E-state index contributed by atoms with van der Waals surface area (Å²) in [6.45, 7) is 2.74. The van der Waals surface area contributed by atoms with Gasteiger partial charge in [-0.3, -0.25) is 4.21 Å². The van der Waals surface area contributed by atoms with E-state index < -0.39 is 10.8 Å². The molecule has 1 N–H and O–H groups in total. The van der Waals surface area contributed by atoms with E-state index in [0.29, 0.717) is 18.1 Å². The van der Waals surface area contributed by atoms with Crippen molar-refractivity contribution < 1.29 is 8.95 Å². The van der Waals surface area contributed by atoms with E-state index >= 15 is 0 Å². The number of nitrogens with one attached hydrogen (secondary N) is 1. The molecule has 2 atom stereocenters. The Kier molecular flexibility index (Phi) is 7.94. The molecule has 0 spiro atoms. The van der Waals surface area contributed by atoms with Crippen LogP contribution in [0.25, 0.3) is 0 Å². The molecular formula is C15H25NO2S. The first-order valence-corrected chi connectivity index (χ1v) is 8.30. The predicted molar refractivity (Wildman–Crippen MR) is 82.0 cm³/mol. The fourth-order valence-electron chi connectivity index (χ4n) is 2.00. The summed E-state index contributed by atoms with van der Waals surface area (Å²) in [6, 6.07) is 8.76. The summed E-state index contributed by atoms with van der Waals surface area (Å²) in [5.41, 5.74) is 2.56. The Bertz CT molecular complexity index is 378. The molecule has 0 radical (unpaired) electrons. The lowest BCUT2D eigenvalue weighted by Crippen LogP contribution is -2.24. The smallest absolute Gasteiger partial charge is 0.0577 e. The van der Waals surface area contributed by atoms with Gasteiger partial charge in [-0.05, 0) is 24.6 Å². The highest BCUT2D eigenvalue weighted by molar-refractivity contribution is 7.85. The van der Waals surface area contributed by atoms with Gasteiger partial charge in [-0.1, -0.05) is 37.6 Å². The third-order valence-corrected chi connectivity index (χ3v) is 4.46. The molecule has 0 aliphatic heterocycles. The number of benzene rings is 1. The fourth-order valence-corrected chi connectivity index (χ4v) is 3.25. The maximum atomic E-state index is 11.9. The van der Waals surface area contributed by atoms with Gasteiger partial charge in [-0.15, -0.1) is 0 Å². The highest BCUT2D eigenvalue weighted by atomic mass is 32.2. The van der Waals surface area contributed by atoms with Crippen LogP contribution < -0.4 is 5.32 Å². The number of aryl methyl sites for hydroxylation is 1. The zero-order valence-electron chi connectivity index (χ0n) is 12.1. The molecule has 0 fully saturated rings. The van der Waals surface area contributed by atoms with E-state index in [1.165, 1.54) is 11.1 Å². The van der Waals surface area contributed by atoms with E-state index in [1.54, 1.807) is 7.11 Å². The minimum absolute atomic E-state index is 0.147. The lowest BCUT2D eigenvalue weighted by molar-refractivity contribution is 0.218. The molecule has 1 rings (SSSR count). The molecule has 3 nitrogen and oxygen atoms in total. The Labute approximate surface area is 119 Å². The van der Waals surface area contributed by atoms with Gasteiger partial charge < -0.3 is 10.1 Å². The molecule has 2 unspecified atom stereocenters. The molecule has 1 aromatic rings. The fraction of sp³-hybridized carbons (Fsp3) is 0.600. The number of ether oxygens (including phenoxy) is 1. The molecule has 0 heterocycles. The molecule has 0 aliphatic rings. The maximum Gasteiger partial charge on any atom is 0.0577 e. The van der Waals surface area contributed by atoms with Gasteiger partial charge in [0.05, 0.1) is 6.61 Å². The molecule has 19 heavy (non-hydrogen) atoms. The summed E-state index contributed by atoms with van der Waals surface area (Å²) in [5.74, 6) is 1.23. The molecule has 4 heteroatoms. The summed E-state index contributed by atoms with van der Waals surface area (Å²) in [4.78, 5) is 0. The minimum Gasteiger partial charge on any atom is -0.384 e. The minimum atomic E-state index is -0.847. The van der Waals surface area contributed by atoms with E-state index in [4.69, 9.17) is 4.74 Å². The Morgan fingerprint density at radius 1 is 1.32 bits per heavy atom. The van der Waals surface area contributed by atoms with E-state index in [1.807, 2.05) is 7.05 Å². The first kappa shape index (κ1) is 16.3. The number of rotatable bonds is 9. The standard InChI is InChI=1S/C15H25NO2S/c1-4-5-13-6-8-14(9-7-13)15(16-2)12-19(17)11-10-18-3/h6-9,15-16H,4-5,10-12H2,1-3H3. The van der Waals surface area contributed by atoms with Crippen molar-refractivity contribution in [1.29, 1.82) is 0 Å². The SMILES string of the molecule is CCCc1ccc(C(CS(=O)CCOC)NC)cc1. The van der Waals surface area contributed by atoms with Gasteiger partial charge in [0.2, 0.25) is 0 Å². The molecule has 1 aromatic carbocycles. The average molecular weight is 283 g/mol. The van der Waals surface area contributed by atoms with Crippen LogP contribution in [0.2, 0.25) is 0 Å². The van der Waals surface area contributed by atoms with Crippen molar-refractivity contribution in [3.8, 4) is 0 Å². The first-order valence-electron chi connectivity index (χ1n) is 6.81. The van der Waals surface area contributed by atoms with Gasteiger partial charge in [-0.25, -0.2) is 0 Å². The summed E-state index contributed by atoms with van der Waals surface area (Å²) in [7, 11) is 2.71. The first-order chi connectivity index (χ1) is 9.21. The van der Waals surface area contributed by atoms with E-state index in [0.717, 1.165) is 12.8 Å². The van der Waals surface area contributed by atoms with Gasteiger partial charge in [0, 0.05) is 35.5 Å². The predicted octanol–water partition coefficient (Wildman–Crippen LogP) is 2.29. The van der Waals surface area contributed by atoms with Crippen molar-refractivity contribution in [3.05, 3.63) is 35.4 Å². The van der Waals surface area contributed by atoms with Crippen LogP contribution in [0.4, 0.5) is 0 Å². The quantitative estimate of drug-likeness (QED) is 0.756. The molecule has 108 valence electrons. The zero-order chi connectivity index (χ0) is 14.1. The third kappa shape index (κ3) is 5.85. The van der Waals surface area contributed by atoms with Crippen LogP contribution in [0.1, 0.15) is 30.5 Å². The van der Waals surface area contributed by atoms with Crippen molar-refractivity contribution in [2.24, 2.45) is 0 Å². The highest BCUT2D eigenvalue weighted by Crippen LogP contribution is 2.15. The molecule has 0 bridgehead atoms. The maximum absolute atomic E-state index is 11.9. The van der Waals surface area contributed by atoms with E-state index in [-0.39, 0.29) is 6.04 Å². The van der Waals surface area contributed by atoms with Gasteiger partial charge in [-0.2, -0.15) is 0 Å². The Morgan fingerprint density at radius 3 is 2.53 bits per heavy atom. The topological polar surface area (TPSA) is 38.3 Å². The summed E-state index contributed by atoms with van der Waals surface area (Å²) in [6.07, 6.45) is 2.28. The van der Waals surface area contributed by atoms with Gasteiger partial charge in [0.25, 0.3) is 0 Å². The molecule has 0 amide bonds. The van der Waals surface area contributed by atoms with Crippen LogP contribution in [0.5, 0.6) is 0 Å².